The highest BCUT2D eigenvalue weighted by Crippen LogP contribution is 2.31. The van der Waals surface area contributed by atoms with Gasteiger partial charge in [-0.05, 0) is 29.8 Å². The first kappa shape index (κ1) is 16.5. The van der Waals surface area contributed by atoms with Crippen LogP contribution in [0.5, 0.6) is 11.5 Å². The zero-order valence-corrected chi connectivity index (χ0v) is 12.7. The number of nitrogens with two attached hydrogens (primary N) is 2. The van der Waals surface area contributed by atoms with Crippen molar-refractivity contribution in [3.05, 3.63) is 59.7 Å². The van der Waals surface area contributed by atoms with Crippen LogP contribution in [0.3, 0.4) is 0 Å². The molecule has 2 aromatic rings. The standard InChI is InChI=1S/C17H18N2O4/c1-22-15-9-12(13(18)10-16(19)20)7-8-14(15)23-17(21)11-5-3-2-4-6-11/h2-9,13H,10,18H2,1H3,(H2,19,20). The van der Waals surface area contributed by atoms with Gasteiger partial charge in [0.25, 0.3) is 0 Å². The Bertz CT molecular complexity index is 701. The monoisotopic (exact) mass is 314 g/mol. The van der Waals surface area contributed by atoms with Gasteiger partial charge in [-0.25, -0.2) is 4.79 Å². The Labute approximate surface area is 134 Å². The lowest BCUT2D eigenvalue weighted by Crippen LogP contribution is -2.20. The van der Waals surface area contributed by atoms with Gasteiger partial charge in [0.05, 0.1) is 12.7 Å². The third-order valence-corrected chi connectivity index (χ3v) is 3.25. The maximum Gasteiger partial charge on any atom is 0.343 e. The molecule has 2 aromatic carbocycles. The van der Waals surface area contributed by atoms with Gasteiger partial charge in [-0.15, -0.1) is 0 Å². The number of rotatable bonds is 6. The Kier molecular flexibility index (Phi) is 5.32. The van der Waals surface area contributed by atoms with Gasteiger partial charge < -0.3 is 20.9 Å². The maximum absolute atomic E-state index is 12.1. The van der Waals surface area contributed by atoms with Gasteiger partial charge in [0.15, 0.2) is 11.5 Å². The van der Waals surface area contributed by atoms with E-state index in [1.807, 2.05) is 6.07 Å². The summed E-state index contributed by atoms with van der Waals surface area (Å²) >= 11 is 0. The molecule has 0 heterocycles. The minimum absolute atomic E-state index is 0.0201. The number of hydrogen-bond acceptors (Lipinski definition) is 5. The van der Waals surface area contributed by atoms with Crippen molar-refractivity contribution < 1.29 is 19.1 Å². The fourth-order valence-electron chi connectivity index (χ4n) is 2.07. The van der Waals surface area contributed by atoms with Gasteiger partial charge in [0.2, 0.25) is 5.91 Å². The molecule has 0 fully saturated rings. The van der Waals surface area contributed by atoms with Crippen molar-refractivity contribution >= 4 is 11.9 Å². The summed E-state index contributed by atoms with van der Waals surface area (Å²) in [6.07, 6.45) is 0.0201. The minimum atomic E-state index is -0.541. The quantitative estimate of drug-likeness (QED) is 0.625. The minimum Gasteiger partial charge on any atom is -0.493 e. The smallest absolute Gasteiger partial charge is 0.343 e. The summed E-state index contributed by atoms with van der Waals surface area (Å²) in [5, 5.41) is 0. The first-order valence-corrected chi connectivity index (χ1v) is 7.00. The van der Waals surface area contributed by atoms with E-state index >= 15 is 0 Å². The second-order valence-electron chi connectivity index (χ2n) is 4.94. The first-order valence-electron chi connectivity index (χ1n) is 7.00. The molecule has 23 heavy (non-hydrogen) atoms. The molecule has 1 amide bonds. The van der Waals surface area contributed by atoms with Gasteiger partial charge in [0.1, 0.15) is 0 Å². The molecule has 0 aromatic heterocycles. The third kappa shape index (κ3) is 4.31. The molecule has 0 saturated carbocycles. The number of carbonyl (C=O) groups is 2. The van der Waals surface area contributed by atoms with Crippen LogP contribution in [0.2, 0.25) is 0 Å². The average molecular weight is 314 g/mol. The van der Waals surface area contributed by atoms with Crippen molar-refractivity contribution in [3.8, 4) is 11.5 Å². The Morgan fingerprint density at radius 2 is 1.78 bits per heavy atom. The molecule has 0 aliphatic rings. The van der Waals surface area contributed by atoms with E-state index in [0.717, 1.165) is 0 Å². The normalized spacial score (nSPS) is 11.6. The number of primary amides is 1. The van der Waals surface area contributed by atoms with Crippen LogP contribution in [-0.2, 0) is 4.79 Å². The van der Waals surface area contributed by atoms with E-state index in [2.05, 4.69) is 0 Å². The van der Waals surface area contributed by atoms with E-state index in [4.69, 9.17) is 20.9 Å². The molecule has 0 saturated heterocycles. The molecular formula is C17H18N2O4. The topological polar surface area (TPSA) is 105 Å². The maximum atomic E-state index is 12.1. The SMILES string of the molecule is COc1cc(C(N)CC(N)=O)ccc1OC(=O)c1ccccc1. The zero-order valence-electron chi connectivity index (χ0n) is 12.7. The predicted molar refractivity (Wildman–Crippen MR) is 85.1 cm³/mol. The number of ether oxygens (including phenoxy) is 2. The molecule has 2 rings (SSSR count). The Hall–Kier alpha value is -2.86. The summed E-state index contributed by atoms with van der Waals surface area (Å²) in [5.41, 5.74) is 12.1. The van der Waals surface area contributed by atoms with Crippen LogP contribution >= 0.6 is 0 Å². The van der Waals surface area contributed by atoms with Crippen LogP contribution in [0.4, 0.5) is 0 Å². The molecule has 4 N–H and O–H groups in total. The van der Waals surface area contributed by atoms with Crippen LogP contribution in [0.15, 0.2) is 48.5 Å². The van der Waals surface area contributed by atoms with Crippen molar-refractivity contribution in [2.24, 2.45) is 11.5 Å². The third-order valence-electron chi connectivity index (χ3n) is 3.25. The number of amides is 1. The van der Waals surface area contributed by atoms with Crippen LogP contribution in [-0.4, -0.2) is 19.0 Å². The van der Waals surface area contributed by atoms with Crippen LogP contribution in [0, 0.1) is 0 Å². The second kappa shape index (κ2) is 7.42. The van der Waals surface area contributed by atoms with E-state index in [-0.39, 0.29) is 12.2 Å². The molecule has 0 bridgehead atoms. The highest BCUT2D eigenvalue weighted by Gasteiger charge is 2.16. The van der Waals surface area contributed by atoms with Gasteiger partial charge in [-0.3, -0.25) is 4.79 Å². The van der Waals surface area contributed by atoms with Gasteiger partial charge >= 0.3 is 5.97 Å². The Morgan fingerprint density at radius 3 is 2.39 bits per heavy atom. The van der Waals surface area contributed by atoms with Crippen molar-refractivity contribution in [3.63, 3.8) is 0 Å². The Morgan fingerprint density at radius 1 is 1.09 bits per heavy atom. The van der Waals surface area contributed by atoms with Crippen LogP contribution < -0.4 is 20.9 Å². The van der Waals surface area contributed by atoms with Gasteiger partial charge in [-0.2, -0.15) is 0 Å². The van der Waals surface area contributed by atoms with E-state index in [1.165, 1.54) is 7.11 Å². The molecule has 0 radical (unpaired) electrons. The van der Waals surface area contributed by atoms with Crippen molar-refractivity contribution in [2.45, 2.75) is 12.5 Å². The van der Waals surface area contributed by atoms with Crippen LogP contribution in [0.25, 0.3) is 0 Å². The molecule has 0 aliphatic carbocycles. The van der Waals surface area contributed by atoms with Gasteiger partial charge in [0, 0.05) is 12.5 Å². The van der Waals surface area contributed by atoms with Crippen molar-refractivity contribution in [1.82, 2.24) is 0 Å². The number of esters is 1. The first-order chi connectivity index (χ1) is 11.0. The lowest BCUT2D eigenvalue weighted by molar-refractivity contribution is -0.118. The summed E-state index contributed by atoms with van der Waals surface area (Å²) in [6, 6.07) is 13.0. The lowest BCUT2D eigenvalue weighted by Gasteiger charge is -2.14. The largest absolute Gasteiger partial charge is 0.493 e. The fraction of sp³-hybridized carbons (Fsp3) is 0.176. The summed E-state index contributed by atoms with van der Waals surface area (Å²) in [4.78, 5) is 23.0. The highest BCUT2D eigenvalue weighted by molar-refractivity contribution is 5.91. The molecule has 1 unspecified atom stereocenters. The average Bonchev–Trinajstić information content (AvgIpc) is 2.55. The van der Waals surface area contributed by atoms with E-state index in [9.17, 15) is 9.59 Å². The zero-order chi connectivity index (χ0) is 16.8. The predicted octanol–water partition coefficient (Wildman–Crippen LogP) is 1.79. The van der Waals surface area contributed by atoms with Crippen molar-refractivity contribution in [1.29, 1.82) is 0 Å². The molecule has 6 nitrogen and oxygen atoms in total. The van der Waals surface area contributed by atoms with Crippen LogP contribution in [0.1, 0.15) is 28.4 Å². The molecule has 120 valence electrons. The van der Waals surface area contributed by atoms with E-state index in [0.29, 0.717) is 16.9 Å². The Balaban J connectivity index is 2.20. The molecule has 1 atom stereocenters. The summed E-state index contributed by atoms with van der Waals surface area (Å²) in [6.45, 7) is 0. The lowest BCUT2D eigenvalue weighted by atomic mass is 10.0. The van der Waals surface area contributed by atoms with Crippen molar-refractivity contribution in [2.75, 3.05) is 7.11 Å². The second-order valence-corrected chi connectivity index (χ2v) is 4.94. The van der Waals surface area contributed by atoms with E-state index in [1.54, 1.807) is 42.5 Å². The molecule has 0 spiro atoms. The highest BCUT2D eigenvalue weighted by atomic mass is 16.6. The molecule has 6 heteroatoms. The number of carbonyl (C=O) groups excluding carboxylic acids is 2. The summed E-state index contributed by atoms with van der Waals surface area (Å²) in [7, 11) is 1.46. The fourth-order valence-corrected chi connectivity index (χ4v) is 2.07. The summed E-state index contributed by atoms with van der Waals surface area (Å²) in [5.74, 6) is -0.350. The van der Waals surface area contributed by atoms with E-state index < -0.39 is 17.9 Å². The number of methoxy groups -OCH3 is 1. The number of hydrogen-bond donors (Lipinski definition) is 2. The molecular weight excluding hydrogens is 296 g/mol. The summed E-state index contributed by atoms with van der Waals surface area (Å²) < 4.78 is 10.6. The van der Waals surface area contributed by atoms with Gasteiger partial charge in [-0.1, -0.05) is 24.3 Å². The molecule has 0 aliphatic heterocycles. The number of benzene rings is 2.